The predicted molar refractivity (Wildman–Crippen MR) is 82.6 cm³/mol. The number of rotatable bonds is 4. The van der Waals surface area contributed by atoms with Gasteiger partial charge in [0.15, 0.2) is 0 Å². The molecule has 0 spiro atoms. The Balaban J connectivity index is 3.36. The highest BCUT2D eigenvalue weighted by Gasteiger charge is 2.27. The summed E-state index contributed by atoms with van der Waals surface area (Å²) in [5.74, 6) is 0. The molecule has 0 aromatic heterocycles. The molecule has 1 aromatic rings. The molecular formula is C17H25Cl. The van der Waals surface area contributed by atoms with Crippen LogP contribution in [0.5, 0.6) is 0 Å². The van der Waals surface area contributed by atoms with Gasteiger partial charge in [0.1, 0.15) is 0 Å². The average Bonchev–Trinajstić information content (AvgIpc) is 2.32. The van der Waals surface area contributed by atoms with Crippen LogP contribution in [-0.4, -0.2) is 0 Å². The molecule has 0 saturated carbocycles. The van der Waals surface area contributed by atoms with Gasteiger partial charge in [-0.15, -0.1) is 0 Å². The SMILES string of the molecule is CC/C=C(\CC)C(C)(C)c1ccc(C)c(C)c1Cl. The summed E-state index contributed by atoms with van der Waals surface area (Å²) in [4.78, 5) is 0. The van der Waals surface area contributed by atoms with Crippen LogP contribution in [0.3, 0.4) is 0 Å². The molecule has 0 unspecified atom stereocenters. The lowest BCUT2D eigenvalue weighted by atomic mass is 9.75. The van der Waals surface area contributed by atoms with Gasteiger partial charge in [-0.2, -0.15) is 0 Å². The Bertz CT molecular complexity index is 453. The number of allylic oxidation sites excluding steroid dienone is 2. The van der Waals surface area contributed by atoms with Crippen molar-refractivity contribution in [2.75, 3.05) is 0 Å². The molecule has 0 saturated heterocycles. The normalized spacial score (nSPS) is 12.9. The topological polar surface area (TPSA) is 0 Å². The van der Waals surface area contributed by atoms with Crippen molar-refractivity contribution in [2.24, 2.45) is 0 Å². The van der Waals surface area contributed by atoms with Gasteiger partial charge >= 0.3 is 0 Å². The van der Waals surface area contributed by atoms with E-state index in [9.17, 15) is 0 Å². The maximum atomic E-state index is 6.56. The first-order valence-electron chi connectivity index (χ1n) is 6.81. The zero-order valence-corrected chi connectivity index (χ0v) is 13.3. The fourth-order valence-electron chi connectivity index (χ4n) is 2.53. The maximum absolute atomic E-state index is 6.56. The van der Waals surface area contributed by atoms with E-state index in [1.54, 1.807) is 0 Å². The Morgan fingerprint density at radius 2 is 1.83 bits per heavy atom. The largest absolute Gasteiger partial charge is 0.0847 e. The van der Waals surface area contributed by atoms with E-state index in [2.05, 4.69) is 59.8 Å². The van der Waals surface area contributed by atoms with Crippen molar-refractivity contribution in [2.45, 2.75) is 59.8 Å². The van der Waals surface area contributed by atoms with Gasteiger partial charge in [0, 0.05) is 10.4 Å². The summed E-state index contributed by atoms with van der Waals surface area (Å²) in [6, 6.07) is 4.36. The molecule has 0 heterocycles. The smallest absolute Gasteiger partial charge is 0.0478 e. The van der Waals surface area contributed by atoms with Gasteiger partial charge in [-0.05, 0) is 43.4 Å². The summed E-state index contributed by atoms with van der Waals surface area (Å²) < 4.78 is 0. The molecule has 1 heteroatoms. The number of hydrogen-bond donors (Lipinski definition) is 0. The van der Waals surface area contributed by atoms with Crippen molar-refractivity contribution in [1.82, 2.24) is 0 Å². The fourth-order valence-corrected chi connectivity index (χ4v) is 2.97. The Hall–Kier alpha value is -0.750. The standard InChI is InChI=1S/C17H25Cl/c1-7-9-14(8-2)17(5,6)15-11-10-12(3)13(4)16(15)18/h9-11H,7-8H2,1-6H3/b14-9+. The van der Waals surface area contributed by atoms with E-state index < -0.39 is 0 Å². The first-order valence-corrected chi connectivity index (χ1v) is 7.19. The number of halogens is 1. The molecule has 0 aliphatic heterocycles. The maximum Gasteiger partial charge on any atom is 0.0478 e. The van der Waals surface area contributed by atoms with Crippen LogP contribution in [0.4, 0.5) is 0 Å². The van der Waals surface area contributed by atoms with Crippen molar-refractivity contribution in [3.05, 3.63) is 45.5 Å². The molecule has 0 fully saturated rings. The lowest BCUT2D eigenvalue weighted by Crippen LogP contribution is -2.21. The molecule has 0 nitrogen and oxygen atoms in total. The third kappa shape index (κ3) is 2.80. The van der Waals surface area contributed by atoms with Crippen LogP contribution in [0.2, 0.25) is 5.02 Å². The second kappa shape index (κ2) is 5.93. The second-order valence-electron chi connectivity index (χ2n) is 5.49. The second-order valence-corrected chi connectivity index (χ2v) is 5.86. The van der Waals surface area contributed by atoms with E-state index in [0.29, 0.717) is 0 Å². The molecule has 100 valence electrons. The van der Waals surface area contributed by atoms with Gasteiger partial charge in [0.2, 0.25) is 0 Å². The first kappa shape index (κ1) is 15.3. The molecule has 0 radical (unpaired) electrons. The minimum absolute atomic E-state index is 0.0142. The number of hydrogen-bond acceptors (Lipinski definition) is 0. The zero-order valence-electron chi connectivity index (χ0n) is 12.5. The van der Waals surface area contributed by atoms with Crippen molar-refractivity contribution < 1.29 is 0 Å². The molecule has 18 heavy (non-hydrogen) atoms. The van der Waals surface area contributed by atoms with E-state index in [1.165, 1.54) is 22.3 Å². The molecule has 0 amide bonds. The molecule has 0 bridgehead atoms. The Labute approximate surface area is 117 Å². The summed E-state index contributed by atoms with van der Waals surface area (Å²) >= 11 is 6.56. The van der Waals surface area contributed by atoms with Crippen LogP contribution in [0.25, 0.3) is 0 Å². The molecule has 1 aromatic carbocycles. The van der Waals surface area contributed by atoms with Crippen LogP contribution in [0, 0.1) is 13.8 Å². The van der Waals surface area contributed by atoms with Crippen molar-refractivity contribution >= 4 is 11.6 Å². The van der Waals surface area contributed by atoms with E-state index in [1.807, 2.05) is 0 Å². The van der Waals surface area contributed by atoms with Crippen LogP contribution < -0.4 is 0 Å². The molecule has 0 N–H and O–H groups in total. The fraction of sp³-hybridized carbons (Fsp3) is 0.529. The lowest BCUT2D eigenvalue weighted by Gasteiger charge is -2.30. The predicted octanol–water partition coefficient (Wildman–Crippen LogP) is 5.98. The molecule has 0 aliphatic rings. The Morgan fingerprint density at radius 3 is 2.33 bits per heavy atom. The van der Waals surface area contributed by atoms with Crippen LogP contribution in [0.1, 0.15) is 57.2 Å². The Morgan fingerprint density at radius 1 is 1.22 bits per heavy atom. The quantitative estimate of drug-likeness (QED) is 0.587. The van der Waals surface area contributed by atoms with Crippen LogP contribution in [-0.2, 0) is 5.41 Å². The lowest BCUT2D eigenvalue weighted by molar-refractivity contribution is 0.597. The number of benzene rings is 1. The van der Waals surface area contributed by atoms with Gasteiger partial charge in [0.25, 0.3) is 0 Å². The summed E-state index contributed by atoms with van der Waals surface area (Å²) in [5, 5.41) is 0.926. The van der Waals surface area contributed by atoms with Crippen molar-refractivity contribution in [3.8, 4) is 0 Å². The summed E-state index contributed by atoms with van der Waals surface area (Å²) in [6.45, 7) is 13.2. The number of aryl methyl sites for hydroxylation is 1. The van der Waals surface area contributed by atoms with Gasteiger partial charge in [-0.25, -0.2) is 0 Å². The van der Waals surface area contributed by atoms with Gasteiger partial charge < -0.3 is 0 Å². The zero-order chi connectivity index (χ0) is 13.9. The minimum atomic E-state index is 0.0142. The molecule has 0 aliphatic carbocycles. The van der Waals surface area contributed by atoms with E-state index in [-0.39, 0.29) is 5.41 Å². The van der Waals surface area contributed by atoms with E-state index >= 15 is 0 Å². The van der Waals surface area contributed by atoms with Gasteiger partial charge in [0.05, 0.1) is 0 Å². The Kier molecular flexibility index (Phi) is 5.04. The van der Waals surface area contributed by atoms with Crippen molar-refractivity contribution in [1.29, 1.82) is 0 Å². The van der Waals surface area contributed by atoms with E-state index in [0.717, 1.165) is 17.9 Å². The molecule has 1 rings (SSSR count). The van der Waals surface area contributed by atoms with Crippen LogP contribution >= 0.6 is 11.6 Å². The highest BCUT2D eigenvalue weighted by Crippen LogP contribution is 2.39. The first-order chi connectivity index (χ1) is 8.36. The summed E-state index contributed by atoms with van der Waals surface area (Å²) in [7, 11) is 0. The monoisotopic (exact) mass is 264 g/mol. The summed E-state index contributed by atoms with van der Waals surface area (Å²) in [6.07, 6.45) is 4.49. The highest BCUT2D eigenvalue weighted by molar-refractivity contribution is 6.32. The van der Waals surface area contributed by atoms with E-state index in [4.69, 9.17) is 11.6 Å². The third-order valence-electron chi connectivity index (χ3n) is 3.96. The summed E-state index contributed by atoms with van der Waals surface area (Å²) in [5.41, 5.74) is 5.19. The average molecular weight is 265 g/mol. The highest BCUT2D eigenvalue weighted by atomic mass is 35.5. The molecule has 0 atom stereocenters. The van der Waals surface area contributed by atoms with Gasteiger partial charge in [-0.3, -0.25) is 0 Å². The van der Waals surface area contributed by atoms with Crippen molar-refractivity contribution in [3.63, 3.8) is 0 Å². The third-order valence-corrected chi connectivity index (χ3v) is 4.45. The minimum Gasteiger partial charge on any atom is -0.0847 e. The molecular weight excluding hydrogens is 240 g/mol. The van der Waals surface area contributed by atoms with Crippen LogP contribution in [0.15, 0.2) is 23.8 Å². The van der Waals surface area contributed by atoms with Gasteiger partial charge in [-0.1, -0.05) is 63.1 Å².